The van der Waals surface area contributed by atoms with Crippen molar-refractivity contribution in [2.45, 2.75) is 6.42 Å². The van der Waals surface area contributed by atoms with Crippen LogP contribution in [-0.2, 0) is 6.42 Å². The Labute approximate surface area is 160 Å². The van der Waals surface area contributed by atoms with Crippen LogP contribution in [0.25, 0.3) is 0 Å². The number of hydrogen-bond acceptors (Lipinski definition) is 3. The highest BCUT2D eigenvalue weighted by molar-refractivity contribution is 5.80. The molecule has 0 bridgehead atoms. The first kappa shape index (κ1) is 19.0. The molecule has 0 radical (unpaired) electrons. The van der Waals surface area contributed by atoms with Gasteiger partial charge in [-0.3, -0.25) is 4.99 Å². The third-order valence-corrected chi connectivity index (χ3v) is 4.82. The van der Waals surface area contributed by atoms with E-state index in [2.05, 4.69) is 32.2 Å². The van der Waals surface area contributed by atoms with E-state index < -0.39 is 0 Å². The van der Waals surface area contributed by atoms with Gasteiger partial charge in [0, 0.05) is 39.8 Å². The Balaban J connectivity index is 1.49. The molecular formula is C21H27FN4O. The topological polar surface area (TPSA) is 40.1 Å². The summed E-state index contributed by atoms with van der Waals surface area (Å²) in [6, 6.07) is 15.1. The SMILES string of the molecule is CN=C(NCCc1cccc(OC)c1)N1CCN(c2ccccc2F)CC1. The van der Waals surface area contributed by atoms with E-state index in [0.717, 1.165) is 50.9 Å². The van der Waals surface area contributed by atoms with E-state index in [1.807, 2.05) is 24.3 Å². The maximum absolute atomic E-state index is 14.0. The number of nitrogens with zero attached hydrogens (tertiary/aromatic N) is 3. The average molecular weight is 370 g/mol. The number of piperazine rings is 1. The minimum Gasteiger partial charge on any atom is -0.497 e. The quantitative estimate of drug-likeness (QED) is 0.649. The van der Waals surface area contributed by atoms with Gasteiger partial charge >= 0.3 is 0 Å². The van der Waals surface area contributed by atoms with Crippen molar-refractivity contribution in [1.29, 1.82) is 0 Å². The van der Waals surface area contributed by atoms with Crippen molar-refractivity contribution in [3.8, 4) is 5.75 Å². The van der Waals surface area contributed by atoms with Crippen LogP contribution in [0.2, 0.25) is 0 Å². The predicted octanol–water partition coefficient (Wildman–Crippen LogP) is 2.77. The summed E-state index contributed by atoms with van der Waals surface area (Å²) >= 11 is 0. The monoisotopic (exact) mass is 370 g/mol. The lowest BCUT2D eigenvalue weighted by atomic mass is 10.1. The maximum atomic E-state index is 14.0. The molecule has 6 heteroatoms. The molecular weight excluding hydrogens is 343 g/mol. The van der Waals surface area contributed by atoms with Crippen LogP contribution >= 0.6 is 0 Å². The summed E-state index contributed by atoms with van der Waals surface area (Å²) in [5.41, 5.74) is 1.90. The van der Waals surface area contributed by atoms with Crippen LogP contribution in [0.1, 0.15) is 5.56 Å². The highest BCUT2D eigenvalue weighted by Crippen LogP contribution is 2.20. The summed E-state index contributed by atoms with van der Waals surface area (Å²) in [4.78, 5) is 8.72. The minimum atomic E-state index is -0.160. The van der Waals surface area contributed by atoms with Crippen molar-refractivity contribution in [2.24, 2.45) is 4.99 Å². The van der Waals surface area contributed by atoms with Gasteiger partial charge in [-0.2, -0.15) is 0 Å². The molecule has 0 spiro atoms. The van der Waals surface area contributed by atoms with Crippen LogP contribution in [0.5, 0.6) is 5.75 Å². The van der Waals surface area contributed by atoms with E-state index >= 15 is 0 Å². The van der Waals surface area contributed by atoms with Crippen molar-refractivity contribution in [3.05, 3.63) is 59.9 Å². The highest BCUT2D eigenvalue weighted by Gasteiger charge is 2.21. The fourth-order valence-corrected chi connectivity index (χ4v) is 3.35. The lowest BCUT2D eigenvalue weighted by Gasteiger charge is -2.37. The van der Waals surface area contributed by atoms with Crippen LogP contribution < -0.4 is 15.0 Å². The second-order valence-electron chi connectivity index (χ2n) is 6.50. The van der Waals surface area contributed by atoms with Crippen LogP contribution in [0.4, 0.5) is 10.1 Å². The molecule has 0 aliphatic carbocycles. The summed E-state index contributed by atoms with van der Waals surface area (Å²) in [5, 5.41) is 3.43. The van der Waals surface area contributed by atoms with Gasteiger partial charge in [0.05, 0.1) is 12.8 Å². The molecule has 5 nitrogen and oxygen atoms in total. The smallest absolute Gasteiger partial charge is 0.193 e. The number of nitrogens with one attached hydrogen (secondary N) is 1. The maximum Gasteiger partial charge on any atom is 0.193 e. The Kier molecular flexibility index (Phi) is 6.52. The van der Waals surface area contributed by atoms with Crippen molar-refractivity contribution < 1.29 is 9.13 Å². The Morgan fingerprint density at radius 1 is 1.11 bits per heavy atom. The molecule has 2 aromatic carbocycles. The minimum absolute atomic E-state index is 0.160. The summed E-state index contributed by atoms with van der Waals surface area (Å²) in [7, 11) is 3.48. The summed E-state index contributed by atoms with van der Waals surface area (Å²) in [5.74, 6) is 1.61. The van der Waals surface area contributed by atoms with Gasteiger partial charge < -0.3 is 19.9 Å². The van der Waals surface area contributed by atoms with E-state index in [1.165, 1.54) is 11.6 Å². The van der Waals surface area contributed by atoms with E-state index in [1.54, 1.807) is 20.2 Å². The molecule has 3 rings (SSSR count). The normalized spacial score (nSPS) is 15.0. The summed E-state index contributed by atoms with van der Waals surface area (Å²) in [6.07, 6.45) is 0.894. The molecule has 1 fully saturated rings. The first-order chi connectivity index (χ1) is 13.2. The van der Waals surface area contributed by atoms with Crippen molar-refractivity contribution in [1.82, 2.24) is 10.2 Å². The lowest BCUT2D eigenvalue weighted by molar-refractivity contribution is 0.371. The van der Waals surface area contributed by atoms with Gasteiger partial charge in [0.2, 0.25) is 0 Å². The van der Waals surface area contributed by atoms with Gasteiger partial charge in [0.15, 0.2) is 5.96 Å². The zero-order chi connectivity index (χ0) is 19.1. The molecule has 0 atom stereocenters. The Hall–Kier alpha value is -2.76. The Morgan fingerprint density at radius 2 is 1.89 bits per heavy atom. The van der Waals surface area contributed by atoms with E-state index in [4.69, 9.17) is 4.74 Å². The largest absolute Gasteiger partial charge is 0.497 e. The van der Waals surface area contributed by atoms with Gasteiger partial charge in [-0.1, -0.05) is 24.3 Å². The molecule has 0 saturated carbocycles. The second-order valence-corrected chi connectivity index (χ2v) is 6.50. The summed E-state index contributed by atoms with van der Waals surface area (Å²) < 4.78 is 19.2. The third kappa shape index (κ3) is 4.90. The van der Waals surface area contributed by atoms with Crippen LogP contribution in [0.15, 0.2) is 53.5 Å². The number of methoxy groups -OCH3 is 1. The fraction of sp³-hybridized carbons (Fsp3) is 0.381. The molecule has 0 amide bonds. The molecule has 1 heterocycles. The Bertz CT molecular complexity index is 772. The molecule has 1 aliphatic heterocycles. The fourth-order valence-electron chi connectivity index (χ4n) is 3.35. The number of benzene rings is 2. The van der Waals surface area contributed by atoms with Crippen molar-refractivity contribution in [3.63, 3.8) is 0 Å². The lowest BCUT2D eigenvalue weighted by Crippen LogP contribution is -2.53. The zero-order valence-electron chi connectivity index (χ0n) is 16.0. The third-order valence-electron chi connectivity index (χ3n) is 4.82. The molecule has 1 aliphatic rings. The zero-order valence-corrected chi connectivity index (χ0v) is 16.0. The van der Waals surface area contributed by atoms with Gasteiger partial charge in [0.25, 0.3) is 0 Å². The standard InChI is InChI=1S/C21H27FN4O/c1-23-21(24-11-10-17-6-5-7-18(16-17)27-2)26-14-12-25(13-15-26)20-9-4-3-8-19(20)22/h3-9,16H,10-15H2,1-2H3,(H,23,24). The molecule has 1 N–H and O–H groups in total. The first-order valence-electron chi connectivity index (χ1n) is 9.29. The van der Waals surface area contributed by atoms with Gasteiger partial charge in [0.1, 0.15) is 11.6 Å². The number of para-hydroxylation sites is 1. The average Bonchev–Trinajstić information content (AvgIpc) is 2.72. The number of guanidine groups is 1. The number of aliphatic imine (C=N–C) groups is 1. The number of rotatable bonds is 5. The van der Waals surface area contributed by atoms with Gasteiger partial charge in [-0.15, -0.1) is 0 Å². The van der Waals surface area contributed by atoms with E-state index in [0.29, 0.717) is 5.69 Å². The molecule has 1 saturated heterocycles. The number of anilines is 1. The van der Waals surface area contributed by atoms with Crippen LogP contribution in [0.3, 0.4) is 0 Å². The summed E-state index contributed by atoms with van der Waals surface area (Å²) in [6.45, 7) is 3.97. The van der Waals surface area contributed by atoms with Gasteiger partial charge in [-0.25, -0.2) is 4.39 Å². The van der Waals surface area contributed by atoms with Crippen LogP contribution in [-0.4, -0.2) is 57.7 Å². The van der Waals surface area contributed by atoms with E-state index in [-0.39, 0.29) is 5.82 Å². The van der Waals surface area contributed by atoms with Crippen LogP contribution in [0, 0.1) is 5.82 Å². The molecule has 27 heavy (non-hydrogen) atoms. The van der Waals surface area contributed by atoms with Crippen molar-refractivity contribution in [2.75, 3.05) is 51.8 Å². The predicted molar refractivity (Wildman–Crippen MR) is 108 cm³/mol. The number of ether oxygens (including phenoxy) is 1. The second kappa shape index (κ2) is 9.26. The Morgan fingerprint density at radius 3 is 2.59 bits per heavy atom. The molecule has 0 aromatic heterocycles. The number of halogens is 1. The highest BCUT2D eigenvalue weighted by atomic mass is 19.1. The number of hydrogen-bond donors (Lipinski definition) is 1. The molecule has 2 aromatic rings. The van der Waals surface area contributed by atoms with Crippen molar-refractivity contribution >= 4 is 11.6 Å². The molecule has 0 unspecified atom stereocenters. The van der Waals surface area contributed by atoms with Gasteiger partial charge in [-0.05, 0) is 36.2 Å². The molecule has 144 valence electrons. The first-order valence-corrected chi connectivity index (χ1v) is 9.29. The van der Waals surface area contributed by atoms with E-state index in [9.17, 15) is 4.39 Å².